The molecule has 3 aliphatic heterocycles. The van der Waals surface area contributed by atoms with Crippen LogP contribution in [0.25, 0.3) is 21.8 Å². The lowest BCUT2D eigenvalue weighted by Crippen LogP contribution is -2.62. The van der Waals surface area contributed by atoms with E-state index in [4.69, 9.17) is 11.5 Å². The lowest BCUT2D eigenvalue weighted by molar-refractivity contribution is -0.143. The standard InChI is InChI=1S/C67H80F3N13O12S2/c1-36(84)59-66(94)78-52(23-37-10-14-45(85)15-11-37)67(95)82-20-5-9-54(82)63(91)79-53(60(72)88)35-97-34-39-7-4-6-38(22-39)33-96-21-18-57(86)76-50(8-2-3-19-71)61(89)75-31-58(87)77-51(24-40-29-73-48-16-12-42(68)26-46(40)48)62(90)81-65(93)55(83-32-44(70)28-56(83)64(92)80-59)25-41-30-74-49-17-13-43(69)27-47(41)49/h4,6-7,10-17,22,26-27,29-30,36,44,50-56,59,73-74,84-85H,2-3,5,8-9,18-21,23-25,28,31-35,71H2,1H3,(H2,72,88)(H,75,89)(H,76,86)(H,77,87)(H,78,94)(H,79,91)(H,80,92)(H,81,90,93)/t36-,44+,50-,51-,52-,53-,54-,55-,56-,59-/m0/s1. The van der Waals surface area contributed by atoms with Crippen molar-refractivity contribution in [1.82, 2.24) is 57.0 Å². The highest BCUT2D eigenvalue weighted by Gasteiger charge is 2.46. The molecular weight excluding hydrogens is 1300 g/mol. The number of hydrogen-bond acceptors (Lipinski definition) is 16. The van der Waals surface area contributed by atoms with Crippen molar-refractivity contribution in [3.05, 3.63) is 137 Å². The highest BCUT2D eigenvalue weighted by molar-refractivity contribution is 7.98. The second-order valence-corrected chi connectivity index (χ2v) is 26.7. The number of carbonyl (C=O) groups is 10. The van der Waals surface area contributed by atoms with Crippen molar-refractivity contribution in [2.45, 2.75) is 143 Å². The number of amides is 10. The number of carbonyl (C=O) groups excluding carboxylic acids is 10. The van der Waals surface area contributed by atoms with Crippen molar-refractivity contribution in [1.29, 1.82) is 0 Å². The van der Waals surface area contributed by atoms with Gasteiger partial charge in [-0.25, -0.2) is 13.2 Å². The Labute approximate surface area is 565 Å². The third-order valence-electron chi connectivity index (χ3n) is 17.3. The summed E-state index contributed by atoms with van der Waals surface area (Å²) in [5.41, 5.74) is 15.3. The zero-order valence-corrected chi connectivity index (χ0v) is 54.8. The number of primary amides is 1. The Hall–Kier alpha value is -8.97. The molecule has 97 heavy (non-hydrogen) atoms. The first-order valence-corrected chi connectivity index (χ1v) is 34.4. The number of rotatable bonds is 12. The molecule has 4 aromatic carbocycles. The lowest BCUT2D eigenvalue weighted by Gasteiger charge is -2.33. The number of halogens is 3. The first-order chi connectivity index (χ1) is 46.5. The topological polar surface area (TPSA) is 385 Å². The summed E-state index contributed by atoms with van der Waals surface area (Å²) in [5, 5.41) is 40.1. The minimum absolute atomic E-state index is 0.0170. The number of nitrogens with two attached hydrogens (primary N) is 2. The fourth-order valence-corrected chi connectivity index (χ4v) is 14.2. The molecule has 10 atom stereocenters. The maximum atomic E-state index is 16.2. The van der Waals surface area contributed by atoms with Gasteiger partial charge in [0.1, 0.15) is 59.8 Å². The molecule has 0 unspecified atom stereocenters. The third-order valence-corrected chi connectivity index (χ3v) is 19.5. The number of H-pyrrole nitrogens is 2. The number of aromatic amines is 2. The molecule has 10 amide bonds. The molecule has 2 saturated heterocycles. The van der Waals surface area contributed by atoms with Crippen molar-refractivity contribution in [3.63, 3.8) is 0 Å². The fourth-order valence-electron chi connectivity index (χ4n) is 12.3. The molecule has 3 aliphatic rings. The highest BCUT2D eigenvalue weighted by Crippen LogP contribution is 2.30. The second-order valence-electron chi connectivity index (χ2n) is 24.5. The molecule has 0 saturated carbocycles. The summed E-state index contributed by atoms with van der Waals surface area (Å²) < 4.78 is 46.0. The molecule has 2 bridgehead atoms. The van der Waals surface area contributed by atoms with Gasteiger partial charge in [0.05, 0.1) is 24.7 Å². The predicted molar refractivity (Wildman–Crippen MR) is 357 cm³/mol. The van der Waals surface area contributed by atoms with Gasteiger partial charge < -0.3 is 68.4 Å². The van der Waals surface area contributed by atoms with Crippen LogP contribution in [-0.2, 0) is 78.7 Å². The molecule has 6 aromatic rings. The number of aliphatic hydroxyl groups is 1. The van der Waals surface area contributed by atoms with Crippen LogP contribution in [0.15, 0.2) is 97.3 Å². The van der Waals surface area contributed by atoms with Crippen LogP contribution in [0.4, 0.5) is 13.2 Å². The second kappa shape index (κ2) is 33.8. The van der Waals surface area contributed by atoms with Gasteiger partial charge in [-0.15, -0.1) is 0 Å². The van der Waals surface area contributed by atoms with E-state index in [-0.39, 0.29) is 61.1 Å². The average Bonchev–Trinajstić information content (AvgIpc) is 1.68. The Kier molecular flexibility index (Phi) is 25.2. The molecule has 0 aliphatic carbocycles. The van der Waals surface area contributed by atoms with E-state index in [0.29, 0.717) is 70.6 Å². The normalized spacial score (nSPS) is 24.4. The summed E-state index contributed by atoms with van der Waals surface area (Å²) in [5.74, 6) is -8.91. The summed E-state index contributed by atoms with van der Waals surface area (Å²) in [6.45, 7) is 0.154. The van der Waals surface area contributed by atoms with Crippen molar-refractivity contribution in [2.75, 3.05) is 37.7 Å². The number of phenols is 1. The smallest absolute Gasteiger partial charge is 0.249 e. The summed E-state index contributed by atoms with van der Waals surface area (Å²) >= 11 is 2.79. The monoisotopic (exact) mass is 1380 g/mol. The van der Waals surface area contributed by atoms with Crippen molar-refractivity contribution >= 4 is 104 Å². The van der Waals surface area contributed by atoms with Gasteiger partial charge in [0.2, 0.25) is 59.1 Å². The molecule has 5 heterocycles. The number of fused-ring (bicyclic) bond motifs is 6. The van der Waals surface area contributed by atoms with E-state index in [1.165, 1.54) is 108 Å². The molecule has 0 radical (unpaired) electrons. The van der Waals surface area contributed by atoms with Gasteiger partial charge in [0.15, 0.2) is 0 Å². The Morgan fingerprint density at radius 2 is 1.34 bits per heavy atom. The van der Waals surface area contributed by atoms with Gasteiger partial charge in [-0.3, -0.25) is 58.2 Å². The summed E-state index contributed by atoms with van der Waals surface area (Å²) in [4.78, 5) is 151. The first kappa shape index (κ1) is 72.3. The highest BCUT2D eigenvalue weighted by atomic mass is 32.2. The maximum absolute atomic E-state index is 16.2. The van der Waals surface area contributed by atoms with Crippen LogP contribution in [0.3, 0.4) is 0 Å². The Balaban J connectivity index is 1.04. The van der Waals surface area contributed by atoms with Gasteiger partial charge in [-0.1, -0.05) is 36.4 Å². The van der Waals surface area contributed by atoms with Gasteiger partial charge in [0, 0.05) is 96.0 Å². The van der Waals surface area contributed by atoms with Crippen LogP contribution in [0.5, 0.6) is 5.75 Å². The first-order valence-electron chi connectivity index (χ1n) is 32.0. The molecule has 9 rings (SSSR count). The van der Waals surface area contributed by atoms with Crippen LogP contribution in [0, 0.1) is 11.6 Å². The van der Waals surface area contributed by atoms with Crippen LogP contribution in [0.1, 0.15) is 79.7 Å². The number of nitrogens with one attached hydrogen (secondary N) is 9. The zero-order chi connectivity index (χ0) is 69.4. The Morgan fingerprint density at radius 1 is 0.691 bits per heavy atom. The number of unbranched alkanes of at least 4 members (excludes halogenated alkanes) is 1. The van der Waals surface area contributed by atoms with E-state index in [1.54, 1.807) is 0 Å². The minimum atomic E-state index is -1.88. The van der Waals surface area contributed by atoms with Crippen molar-refractivity contribution in [2.24, 2.45) is 11.5 Å². The minimum Gasteiger partial charge on any atom is -0.508 e. The van der Waals surface area contributed by atoms with E-state index in [2.05, 4.69) is 47.2 Å². The third kappa shape index (κ3) is 19.4. The summed E-state index contributed by atoms with van der Waals surface area (Å²) in [6, 6.07) is 9.23. The van der Waals surface area contributed by atoms with Gasteiger partial charge in [-0.2, -0.15) is 23.5 Å². The van der Waals surface area contributed by atoms with Gasteiger partial charge in [0.25, 0.3) is 0 Å². The number of thioether (sulfide) groups is 2. The number of aromatic nitrogens is 2. The van der Waals surface area contributed by atoms with E-state index in [1.807, 2.05) is 24.3 Å². The molecular formula is C67H80F3N13O12S2. The molecule has 2 fully saturated rings. The largest absolute Gasteiger partial charge is 0.508 e. The number of phenolic OH excluding ortho intramolecular Hbond substituents is 1. The van der Waals surface area contributed by atoms with Crippen LogP contribution in [0.2, 0.25) is 0 Å². The van der Waals surface area contributed by atoms with Gasteiger partial charge >= 0.3 is 0 Å². The lowest BCUT2D eigenvalue weighted by atomic mass is 10.0. The molecule has 518 valence electrons. The number of aromatic hydroxyl groups is 1. The molecule has 0 spiro atoms. The van der Waals surface area contributed by atoms with Crippen LogP contribution in [-0.4, -0.2) is 187 Å². The van der Waals surface area contributed by atoms with E-state index >= 15 is 9.18 Å². The predicted octanol–water partition coefficient (Wildman–Crippen LogP) is 2.18. The van der Waals surface area contributed by atoms with Crippen LogP contribution >= 0.6 is 23.5 Å². The number of benzene rings is 4. The number of nitrogens with zero attached hydrogens (tertiary/aromatic N) is 2. The molecule has 15 N–H and O–H groups in total. The van der Waals surface area contributed by atoms with E-state index in [9.17, 15) is 62.1 Å². The average molecular weight is 1380 g/mol. The maximum Gasteiger partial charge on any atom is 0.249 e. The quantitative estimate of drug-likeness (QED) is 0.0617. The van der Waals surface area contributed by atoms with Crippen molar-refractivity contribution in [3.8, 4) is 5.75 Å². The SMILES string of the molecule is C[C@H](O)[C@@H]1NC(=O)[C@@H]2C[C@@H](F)CN2[C@@H](Cc2c[nH]c3ccc(F)cc23)C(=O)NC(=O)[C@H](Cc2c[nH]c3ccc(F)cc23)NC(=O)CNC(=O)[C@H](CCCCN)NC(=O)CCSCc2cccc(c2)CSC[C@@H](C(N)=O)NC(=O)[C@@H]2CCCN2C(=O)[C@H](Cc2ccc(O)cc2)NC1=O. The molecule has 2 aromatic heterocycles. The van der Waals surface area contributed by atoms with Gasteiger partial charge in [-0.05, 0) is 128 Å². The van der Waals surface area contributed by atoms with E-state index < -0.39 is 157 Å². The number of alkyl halides is 1. The Bertz CT molecular complexity index is 3860. The molecule has 30 heteroatoms. The summed E-state index contributed by atoms with van der Waals surface area (Å²) in [7, 11) is 0. The van der Waals surface area contributed by atoms with E-state index in [0.717, 1.165) is 16.0 Å². The number of aliphatic hydroxyl groups excluding tert-OH is 1. The zero-order valence-electron chi connectivity index (χ0n) is 53.2. The fraction of sp³-hybridized carbons (Fsp3) is 0.433. The summed E-state index contributed by atoms with van der Waals surface area (Å²) in [6.07, 6.45) is -0.630. The Morgan fingerprint density at radius 3 is 2.00 bits per heavy atom. The van der Waals surface area contributed by atoms with Crippen molar-refractivity contribution < 1.29 is 71.3 Å². The number of hydrogen-bond donors (Lipinski definition) is 13. The van der Waals surface area contributed by atoms with Crippen LogP contribution < -0.4 is 48.7 Å². The number of imide groups is 1. The molecule has 25 nitrogen and oxygen atoms in total.